The maximum Gasteiger partial charge on any atom is 0.272 e. The second kappa shape index (κ2) is 10.7. The van der Waals surface area contributed by atoms with E-state index in [1.54, 1.807) is 42.5 Å². The van der Waals surface area contributed by atoms with Crippen LogP contribution in [0.1, 0.15) is 15.9 Å². The van der Waals surface area contributed by atoms with E-state index >= 15 is 0 Å². The van der Waals surface area contributed by atoms with E-state index in [0.29, 0.717) is 20.7 Å². The van der Waals surface area contributed by atoms with Gasteiger partial charge in [-0.25, -0.2) is 0 Å². The number of nitrogens with one attached hydrogen (secondary N) is 2. The third-order valence-corrected chi connectivity index (χ3v) is 5.75. The van der Waals surface area contributed by atoms with Crippen LogP contribution in [0, 0.1) is 0 Å². The van der Waals surface area contributed by atoms with Gasteiger partial charge in [-0.1, -0.05) is 47.5 Å². The predicted octanol–water partition coefficient (Wildman–Crippen LogP) is 6.23. The fourth-order valence-corrected chi connectivity index (χ4v) is 3.73. The van der Waals surface area contributed by atoms with Gasteiger partial charge >= 0.3 is 0 Å². The minimum atomic E-state index is -0.522. The van der Waals surface area contributed by atoms with Gasteiger partial charge in [-0.15, -0.1) is 0 Å². The second-order valence-electron chi connectivity index (χ2n) is 7.06. The Bertz CT molecular complexity index is 1180. The highest BCUT2D eigenvalue weighted by molar-refractivity contribution is 9.10. The molecular formula is C24H20BrCl2N3O2. The van der Waals surface area contributed by atoms with Gasteiger partial charge < -0.3 is 15.5 Å². The summed E-state index contributed by atoms with van der Waals surface area (Å²) in [4.78, 5) is 27.9. The number of amides is 2. The van der Waals surface area contributed by atoms with Crippen molar-refractivity contribution in [1.82, 2.24) is 5.32 Å². The van der Waals surface area contributed by atoms with Crippen LogP contribution in [-0.4, -0.2) is 25.9 Å². The number of hydrogen-bond donors (Lipinski definition) is 2. The molecule has 0 aliphatic carbocycles. The topological polar surface area (TPSA) is 61.4 Å². The number of carbonyl (C=O) groups excluding carboxylic acids is 2. The lowest BCUT2D eigenvalue weighted by Crippen LogP contribution is -2.31. The van der Waals surface area contributed by atoms with Gasteiger partial charge in [0, 0.05) is 29.3 Å². The lowest BCUT2D eigenvalue weighted by molar-refractivity contribution is -0.113. The normalized spacial score (nSPS) is 11.1. The molecule has 0 spiro atoms. The van der Waals surface area contributed by atoms with Crippen molar-refractivity contribution in [1.29, 1.82) is 0 Å². The number of nitrogens with zero attached hydrogens (tertiary/aromatic N) is 1. The van der Waals surface area contributed by atoms with Crippen molar-refractivity contribution < 1.29 is 9.59 Å². The zero-order valence-corrected chi connectivity index (χ0v) is 20.4. The molecule has 0 unspecified atom stereocenters. The van der Waals surface area contributed by atoms with Crippen molar-refractivity contribution in [3.8, 4) is 0 Å². The molecule has 0 aliphatic heterocycles. The van der Waals surface area contributed by atoms with Gasteiger partial charge in [-0.3, -0.25) is 9.59 Å². The molecule has 0 aliphatic rings. The minimum absolute atomic E-state index is 0.0642. The third kappa shape index (κ3) is 6.13. The van der Waals surface area contributed by atoms with Crippen LogP contribution in [0.3, 0.4) is 0 Å². The Morgan fingerprint density at radius 1 is 0.969 bits per heavy atom. The fraction of sp³-hybridized carbons (Fsp3) is 0.0833. The van der Waals surface area contributed by atoms with Gasteiger partial charge in [0.2, 0.25) is 0 Å². The molecule has 2 amide bonds. The Balaban J connectivity index is 1.93. The molecule has 5 nitrogen and oxygen atoms in total. The summed E-state index contributed by atoms with van der Waals surface area (Å²) in [6.07, 6.45) is 1.60. The first-order valence-corrected chi connectivity index (χ1v) is 11.1. The zero-order valence-electron chi connectivity index (χ0n) is 17.3. The average molecular weight is 533 g/mol. The van der Waals surface area contributed by atoms with Crippen molar-refractivity contribution in [3.63, 3.8) is 0 Å². The Kier molecular flexibility index (Phi) is 7.96. The molecule has 0 bridgehead atoms. The van der Waals surface area contributed by atoms with Crippen molar-refractivity contribution in [2.45, 2.75) is 0 Å². The molecule has 2 N–H and O–H groups in total. The Morgan fingerprint density at radius 3 is 2.28 bits per heavy atom. The number of benzene rings is 3. The number of rotatable bonds is 6. The highest BCUT2D eigenvalue weighted by atomic mass is 79.9. The van der Waals surface area contributed by atoms with E-state index in [1.807, 2.05) is 43.3 Å². The van der Waals surface area contributed by atoms with Crippen LogP contribution in [0.2, 0.25) is 10.0 Å². The van der Waals surface area contributed by atoms with Gasteiger partial charge in [0.05, 0.1) is 16.3 Å². The summed E-state index contributed by atoms with van der Waals surface area (Å²) in [7, 11) is 3.88. The van der Waals surface area contributed by atoms with E-state index < -0.39 is 11.8 Å². The summed E-state index contributed by atoms with van der Waals surface area (Å²) in [5.41, 5.74) is 2.60. The van der Waals surface area contributed by atoms with Gasteiger partial charge in [0.25, 0.3) is 11.8 Å². The third-order valence-electron chi connectivity index (χ3n) is 4.51. The number of carbonyl (C=O) groups is 2. The molecule has 0 saturated carbocycles. The Morgan fingerprint density at radius 2 is 1.66 bits per heavy atom. The zero-order chi connectivity index (χ0) is 23.3. The first-order valence-electron chi connectivity index (χ1n) is 9.56. The van der Waals surface area contributed by atoms with Crippen LogP contribution in [0.15, 0.2) is 76.9 Å². The maximum atomic E-state index is 13.1. The monoisotopic (exact) mass is 531 g/mol. The number of hydrogen-bond acceptors (Lipinski definition) is 3. The molecule has 3 rings (SSSR count). The average Bonchev–Trinajstić information content (AvgIpc) is 2.75. The molecule has 0 aromatic heterocycles. The molecule has 0 heterocycles. The Labute approximate surface area is 205 Å². The maximum absolute atomic E-state index is 13.1. The summed E-state index contributed by atoms with van der Waals surface area (Å²) >= 11 is 15.5. The molecule has 3 aromatic carbocycles. The van der Waals surface area contributed by atoms with Gasteiger partial charge in [-0.05, 0) is 70.0 Å². The van der Waals surface area contributed by atoms with Crippen LogP contribution >= 0.6 is 39.1 Å². The van der Waals surface area contributed by atoms with Crippen molar-refractivity contribution in [2.75, 3.05) is 24.3 Å². The first kappa shape index (κ1) is 23.9. The van der Waals surface area contributed by atoms with Gasteiger partial charge in [-0.2, -0.15) is 0 Å². The van der Waals surface area contributed by atoms with Crippen molar-refractivity contribution in [3.05, 3.63) is 98.1 Å². The van der Waals surface area contributed by atoms with Crippen LogP contribution < -0.4 is 15.5 Å². The summed E-state index contributed by atoms with van der Waals surface area (Å²) in [6, 6.07) is 19.3. The Hall–Kier alpha value is -2.80. The summed E-state index contributed by atoms with van der Waals surface area (Å²) in [5.74, 6) is -0.947. The summed E-state index contributed by atoms with van der Waals surface area (Å²) in [5, 5.41) is 6.18. The number of halogens is 3. The lowest BCUT2D eigenvalue weighted by Gasteiger charge is -2.14. The molecular weight excluding hydrogens is 513 g/mol. The van der Waals surface area contributed by atoms with Crippen LogP contribution in [0.4, 0.5) is 11.4 Å². The molecule has 8 heteroatoms. The van der Waals surface area contributed by atoms with E-state index in [1.165, 1.54) is 6.07 Å². The van der Waals surface area contributed by atoms with Crippen LogP contribution in [0.25, 0.3) is 6.08 Å². The first-order chi connectivity index (χ1) is 15.2. The predicted molar refractivity (Wildman–Crippen MR) is 135 cm³/mol. The fourth-order valence-electron chi connectivity index (χ4n) is 2.81. The summed E-state index contributed by atoms with van der Waals surface area (Å²) in [6.45, 7) is 0. The minimum Gasteiger partial charge on any atom is -0.378 e. The molecule has 164 valence electrons. The van der Waals surface area contributed by atoms with Crippen molar-refractivity contribution >= 4 is 68.4 Å². The van der Waals surface area contributed by atoms with E-state index in [-0.39, 0.29) is 10.7 Å². The van der Waals surface area contributed by atoms with Crippen molar-refractivity contribution in [2.24, 2.45) is 0 Å². The lowest BCUT2D eigenvalue weighted by atomic mass is 10.1. The molecule has 0 saturated heterocycles. The highest BCUT2D eigenvalue weighted by Crippen LogP contribution is 2.26. The van der Waals surface area contributed by atoms with Crippen LogP contribution in [0.5, 0.6) is 0 Å². The summed E-state index contributed by atoms with van der Waals surface area (Å²) < 4.78 is 0.619. The number of anilines is 2. The smallest absolute Gasteiger partial charge is 0.272 e. The quantitative estimate of drug-likeness (QED) is 0.370. The largest absolute Gasteiger partial charge is 0.378 e. The van der Waals surface area contributed by atoms with E-state index in [0.717, 1.165) is 11.3 Å². The van der Waals surface area contributed by atoms with Gasteiger partial charge in [0.1, 0.15) is 5.70 Å². The van der Waals surface area contributed by atoms with Crippen LogP contribution in [-0.2, 0) is 4.79 Å². The SMILES string of the molecule is CN(C)c1ccc(/C=C(/NC(=O)c2ccccc2Br)C(=O)Nc2ccc(Cl)cc2Cl)cc1. The second-order valence-corrected chi connectivity index (χ2v) is 8.75. The molecule has 0 radical (unpaired) electrons. The highest BCUT2D eigenvalue weighted by Gasteiger charge is 2.17. The van der Waals surface area contributed by atoms with E-state index in [2.05, 4.69) is 26.6 Å². The molecule has 32 heavy (non-hydrogen) atoms. The molecule has 0 fully saturated rings. The van der Waals surface area contributed by atoms with Gasteiger partial charge in [0.15, 0.2) is 0 Å². The standard InChI is InChI=1S/C24H20BrCl2N3O2/c1-30(2)17-10-7-15(8-11-17)13-22(29-23(31)18-5-3-4-6-19(18)25)24(32)28-21-12-9-16(26)14-20(21)27/h3-14H,1-2H3,(H,28,32)(H,29,31)/b22-13+. The van der Waals surface area contributed by atoms with E-state index in [9.17, 15) is 9.59 Å². The molecule has 0 atom stereocenters. The van der Waals surface area contributed by atoms with E-state index in [4.69, 9.17) is 23.2 Å². The molecule has 3 aromatic rings.